The molecule has 2 aromatic rings. The van der Waals surface area contributed by atoms with Crippen LogP contribution in [0.1, 0.15) is 17.0 Å². The Morgan fingerprint density at radius 1 is 1.25 bits per heavy atom. The second kappa shape index (κ2) is 5.13. The van der Waals surface area contributed by atoms with Crippen LogP contribution >= 0.6 is 11.6 Å². The highest BCUT2D eigenvalue weighted by Crippen LogP contribution is 2.37. The molecule has 0 spiro atoms. The van der Waals surface area contributed by atoms with E-state index in [0.29, 0.717) is 23.2 Å². The number of benzene rings is 2. The molecule has 0 saturated heterocycles. The van der Waals surface area contributed by atoms with Gasteiger partial charge in [0.15, 0.2) is 0 Å². The molecule has 1 N–H and O–H groups in total. The first-order chi connectivity index (χ1) is 9.66. The Kier molecular flexibility index (Phi) is 3.32. The van der Waals surface area contributed by atoms with Crippen molar-refractivity contribution in [3.05, 3.63) is 68.7 Å². The third-order valence-electron chi connectivity index (χ3n) is 3.67. The Morgan fingerprint density at radius 3 is 2.80 bits per heavy atom. The number of para-hydroxylation sites is 1. The van der Waals surface area contributed by atoms with E-state index in [-0.39, 0.29) is 5.69 Å². The fourth-order valence-electron chi connectivity index (χ4n) is 2.61. The maximum absolute atomic E-state index is 11.0. The van der Waals surface area contributed by atoms with Crippen LogP contribution in [-0.4, -0.2) is 11.5 Å². The van der Waals surface area contributed by atoms with Crippen molar-refractivity contribution in [1.82, 2.24) is 0 Å². The summed E-state index contributed by atoms with van der Waals surface area (Å²) in [7, 11) is 0. The SMILES string of the molecule is O=[N+]([O-])c1cccc(Cl)c1NCC1Cc2ccccc21. The molecule has 3 rings (SSSR count). The molecule has 1 aliphatic rings. The average molecular weight is 289 g/mol. The fraction of sp³-hybridized carbons (Fsp3) is 0.200. The number of rotatable bonds is 4. The molecule has 0 heterocycles. The van der Waals surface area contributed by atoms with Crippen LogP contribution in [0.15, 0.2) is 42.5 Å². The van der Waals surface area contributed by atoms with Crippen LogP contribution in [0.3, 0.4) is 0 Å². The van der Waals surface area contributed by atoms with Gasteiger partial charge in [-0.3, -0.25) is 10.1 Å². The van der Waals surface area contributed by atoms with Crippen LogP contribution in [0.4, 0.5) is 11.4 Å². The quantitative estimate of drug-likeness (QED) is 0.683. The zero-order valence-corrected chi connectivity index (χ0v) is 11.4. The number of hydrogen-bond donors (Lipinski definition) is 1. The van der Waals surface area contributed by atoms with Gasteiger partial charge in [-0.15, -0.1) is 0 Å². The Morgan fingerprint density at radius 2 is 2.05 bits per heavy atom. The molecule has 0 fully saturated rings. The lowest BCUT2D eigenvalue weighted by atomic mass is 9.77. The van der Waals surface area contributed by atoms with Crippen LogP contribution in [0.5, 0.6) is 0 Å². The van der Waals surface area contributed by atoms with Crippen molar-refractivity contribution < 1.29 is 4.92 Å². The molecule has 0 radical (unpaired) electrons. The highest BCUT2D eigenvalue weighted by Gasteiger charge is 2.26. The summed E-state index contributed by atoms with van der Waals surface area (Å²) in [6.07, 6.45) is 1.00. The first-order valence-electron chi connectivity index (χ1n) is 6.41. The molecule has 1 atom stereocenters. The van der Waals surface area contributed by atoms with Gasteiger partial charge in [0.2, 0.25) is 0 Å². The molecule has 20 heavy (non-hydrogen) atoms. The summed E-state index contributed by atoms with van der Waals surface area (Å²) < 4.78 is 0. The standard InChI is InChI=1S/C15H13ClN2O2/c16-13-6-3-7-14(18(19)20)15(13)17-9-11-8-10-4-1-2-5-12(10)11/h1-7,11,17H,8-9H2. The van der Waals surface area contributed by atoms with Gasteiger partial charge in [0.1, 0.15) is 5.69 Å². The van der Waals surface area contributed by atoms with Crippen molar-refractivity contribution >= 4 is 23.0 Å². The molecule has 0 bridgehead atoms. The summed E-state index contributed by atoms with van der Waals surface area (Å²) in [6, 6.07) is 13.0. The van der Waals surface area contributed by atoms with E-state index in [1.165, 1.54) is 17.2 Å². The minimum Gasteiger partial charge on any atom is -0.378 e. The minimum atomic E-state index is -0.414. The van der Waals surface area contributed by atoms with Crippen molar-refractivity contribution in [2.45, 2.75) is 12.3 Å². The van der Waals surface area contributed by atoms with Gasteiger partial charge >= 0.3 is 0 Å². The lowest BCUT2D eigenvalue weighted by Crippen LogP contribution is -2.24. The smallest absolute Gasteiger partial charge is 0.293 e. The second-order valence-electron chi connectivity index (χ2n) is 4.87. The van der Waals surface area contributed by atoms with Crippen LogP contribution in [0, 0.1) is 10.1 Å². The van der Waals surface area contributed by atoms with Gasteiger partial charge in [-0.05, 0) is 23.6 Å². The van der Waals surface area contributed by atoms with Crippen molar-refractivity contribution in [2.75, 3.05) is 11.9 Å². The van der Waals surface area contributed by atoms with Gasteiger partial charge in [0.05, 0.1) is 9.95 Å². The number of anilines is 1. The van der Waals surface area contributed by atoms with E-state index in [4.69, 9.17) is 11.6 Å². The molecule has 4 nitrogen and oxygen atoms in total. The Labute approximate surface area is 121 Å². The Balaban J connectivity index is 1.76. The van der Waals surface area contributed by atoms with Crippen molar-refractivity contribution in [1.29, 1.82) is 0 Å². The molecule has 0 saturated carbocycles. The lowest BCUT2D eigenvalue weighted by Gasteiger charge is -2.30. The van der Waals surface area contributed by atoms with Gasteiger partial charge in [-0.2, -0.15) is 0 Å². The summed E-state index contributed by atoms with van der Waals surface area (Å²) in [5.41, 5.74) is 3.09. The number of nitro groups is 1. The molecule has 1 aliphatic carbocycles. The number of nitrogens with zero attached hydrogens (tertiary/aromatic N) is 1. The zero-order chi connectivity index (χ0) is 14.1. The summed E-state index contributed by atoms with van der Waals surface area (Å²) in [6.45, 7) is 0.654. The predicted molar refractivity (Wildman–Crippen MR) is 79.5 cm³/mol. The molecule has 0 aliphatic heterocycles. The molecular formula is C15H13ClN2O2. The van der Waals surface area contributed by atoms with E-state index < -0.39 is 4.92 Å². The van der Waals surface area contributed by atoms with E-state index in [2.05, 4.69) is 17.4 Å². The maximum Gasteiger partial charge on any atom is 0.293 e. The number of halogens is 1. The van der Waals surface area contributed by atoms with Gasteiger partial charge in [-0.1, -0.05) is 41.9 Å². The molecule has 0 aromatic heterocycles. The molecule has 2 aromatic carbocycles. The van der Waals surface area contributed by atoms with Crippen molar-refractivity contribution in [3.8, 4) is 0 Å². The highest BCUT2D eigenvalue weighted by molar-refractivity contribution is 6.33. The average Bonchev–Trinajstić information content (AvgIpc) is 2.41. The van der Waals surface area contributed by atoms with E-state index in [0.717, 1.165) is 6.42 Å². The molecule has 102 valence electrons. The lowest BCUT2D eigenvalue weighted by molar-refractivity contribution is -0.383. The van der Waals surface area contributed by atoms with Crippen LogP contribution in [0.2, 0.25) is 5.02 Å². The number of hydrogen-bond acceptors (Lipinski definition) is 3. The summed E-state index contributed by atoms with van der Waals surface area (Å²) in [5, 5.41) is 14.5. The van der Waals surface area contributed by atoms with Crippen molar-refractivity contribution in [2.24, 2.45) is 0 Å². The predicted octanol–water partition coefficient (Wildman–Crippen LogP) is 4.00. The van der Waals surface area contributed by atoms with Crippen LogP contribution in [-0.2, 0) is 6.42 Å². The number of fused-ring (bicyclic) bond motifs is 1. The third-order valence-corrected chi connectivity index (χ3v) is 3.99. The Hall–Kier alpha value is -2.07. The van der Waals surface area contributed by atoms with Gasteiger partial charge in [-0.25, -0.2) is 0 Å². The van der Waals surface area contributed by atoms with E-state index >= 15 is 0 Å². The van der Waals surface area contributed by atoms with Crippen LogP contribution < -0.4 is 5.32 Å². The fourth-order valence-corrected chi connectivity index (χ4v) is 2.85. The topological polar surface area (TPSA) is 55.2 Å². The monoisotopic (exact) mass is 288 g/mol. The summed E-state index contributed by atoms with van der Waals surface area (Å²) >= 11 is 6.05. The molecule has 1 unspecified atom stereocenters. The van der Waals surface area contributed by atoms with Crippen molar-refractivity contribution in [3.63, 3.8) is 0 Å². The number of nitrogens with one attached hydrogen (secondary N) is 1. The molecular weight excluding hydrogens is 276 g/mol. The van der Waals surface area contributed by atoms with Gasteiger partial charge in [0.25, 0.3) is 5.69 Å². The van der Waals surface area contributed by atoms with E-state index in [1.54, 1.807) is 12.1 Å². The summed E-state index contributed by atoms with van der Waals surface area (Å²) in [4.78, 5) is 10.6. The second-order valence-corrected chi connectivity index (χ2v) is 5.28. The first kappa shape index (κ1) is 12.9. The minimum absolute atomic E-state index is 0.0186. The van der Waals surface area contributed by atoms with Crippen LogP contribution in [0.25, 0.3) is 0 Å². The van der Waals surface area contributed by atoms with Gasteiger partial charge in [0, 0.05) is 18.5 Å². The first-order valence-corrected chi connectivity index (χ1v) is 6.79. The third kappa shape index (κ3) is 2.23. The highest BCUT2D eigenvalue weighted by atomic mass is 35.5. The zero-order valence-electron chi connectivity index (χ0n) is 10.7. The van der Waals surface area contributed by atoms with Gasteiger partial charge < -0.3 is 5.32 Å². The molecule has 0 amide bonds. The number of nitro benzene ring substituents is 1. The van der Waals surface area contributed by atoms with E-state index in [9.17, 15) is 10.1 Å². The summed E-state index contributed by atoms with van der Waals surface area (Å²) in [5.74, 6) is 0.391. The van der Waals surface area contributed by atoms with E-state index in [1.807, 2.05) is 12.1 Å². The maximum atomic E-state index is 11.0. The normalized spacial score (nSPS) is 16.1. The largest absolute Gasteiger partial charge is 0.378 e. The molecule has 5 heteroatoms. The Bertz CT molecular complexity index is 673.